The predicted octanol–water partition coefficient (Wildman–Crippen LogP) is 0.965. The highest BCUT2D eigenvalue weighted by atomic mass is 16.6. The number of piperidine rings is 1. The topological polar surface area (TPSA) is 77.7 Å². The first-order chi connectivity index (χ1) is 10.6. The number of aryl methyl sites for hydroxylation is 1. The predicted molar refractivity (Wildman–Crippen MR) is 77.2 cm³/mol. The molecule has 0 aliphatic carbocycles. The zero-order chi connectivity index (χ0) is 15.6. The SMILES string of the molecule is COC1(C(=O)N2CCCC(Cc3noc(C)n3)C2)CCOC1. The van der Waals surface area contributed by atoms with Crippen LogP contribution in [0.4, 0.5) is 0 Å². The Balaban J connectivity index is 1.63. The molecule has 2 atom stereocenters. The van der Waals surface area contributed by atoms with Gasteiger partial charge in [0, 0.05) is 40.0 Å². The quantitative estimate of drug-likeness (QED) is 0.824. The molecule has 0 saturated carbocycles. The second kappa shape index (κ2) is 6.34. The first-order valence-corrected chi connectivity index (χ1v) is 7.84. The maximum atomic E-state index is 12.8. The van der Waals surface area contributed by atoms with Gasteiger partial charge in [-0.05, 0) is 18.8 Å². The molecule has 0 bridgehead atoms. The van der Waals surface area contributed by atoms with Crippen LogP contribution in [0.3, 0.4) is 0 Å². The lowest BCUT2D eigenvalue weighted by Gasteiger charge is -2.37. The van der Waals surface area contributed by atoms with Crippen LogP contribution < -0.4 is 0 Å². The summed E-state index contributed by atoms with van der Waals surface area (Å²) < 4.78 is 15.9. The van der Waals surface area contributed by atoms with Crippen LogP contribution in [0.1, 0.15) is 31.0 Å². The molecule has 2 saturated heterocycles. The number of aromatic nitrogens is 2. The number of carbonyl (C=O) groups excluding carboxylic acids is 1. The molecule has 2 fully saturated rings. The zero-order valence-corrected chi connectivity index (χ0v) is 13.2. The van der Waals surface area contributed by atoms with Gasteiger partial charge in [0.1, 0.15) is 0 Å². The Morgan fingerprint density at radius 2 is 2.41 bits per heavy atom. The molecule has 1 aromatic rings. The summed E-state index contributed by atoms with van der Waals surface area (Å²) in [6.07, 6.45) is 3.45. The van der Waals surface area contributed by atoms with E-state index in [1.165, 1.54) is 0 Å². The van der Waals surface area contributed by atoms with E-state index in [0.29, 0.717) is 31.4 Å². The number of amides is 1. The average Bonchev–Trinajstić information content (AvgIpc) is 3.17. The van der Waals surface area contributed by atoms with Gasteiger partial charge in [0.15, 0.2) is 11.4 Å². The molecular formula is C15H23N3O4. The van der Waals surface area contributed by atoms with E-state index in [2.05, 4.69) is 10.1 Å². The summed E-state index contributed by atoms with van der Waals surface area (Å²) in [6, 6.07) is 0. The summed E-state index contributed by atoms with van der Waals surface area (Å²) in [5.74, 6) is 1.73. The lowest BCUT2D eigenvalue weighted by Crippen LogP contribution is -2.53. The van der Waals surface area contributed by atoms with E-state index in [9.17, 15) is 4.79 Å². The highest BCUT2D eigenvalue weighted by Gasteiger charge is 2.45. The van der Waals surface area contributed by atoms with E-state index in [-0.39, 0.29) is 5.91 Å². The van der Waals surface area contributed by atoms with Gasteiger partial charge in [-0.1, -0.05) is 5.16 Å². The van der Waals surface area contributed by atoms with Crippen LogP contribution in [0.25, 0.3) is 0 Å². The summed E-state index contributed by atoms with van der Waals surface area (Å²) in [6.45, 7) is 4.23. The third-order valence-electron chi connectivity index (χ3n) is 4.61. The van der Waals surface area contributed by atoms with Gasteiger partial charge >= 0.3 is 0 Å². The lowest BCUT2D eigenvalue weighted by molar-refractivity contribution is -0.156. The van der Waals surface area contributed by atoms with Crippen LogP contribution in [0, 0.1) is 12.8 Å². The number of rotatable bonds is 4. The number of methoxy groups -OCH3 is 1. The van der Waals surface area contributed by atoms with Gasteiger partial charge in [0.2, 0.25) is 5.89 Å². The van der Waals surface area contributed by atoms with Crippen molar-refractivity contribution in [1.29, 1.82) is 0 Å². The number of likely N-dealkylation sites (tertiary alicyclic amines) is 1. The van der Waals surface area contributed by atoms with Gasteiger partial charge in [-0.2, -0.15) is 4.98 Å². The Morgan fingerprint density at radius 1 is 1.55 bits per heavy atom. The van der Waals surface area contributed by atoms with E-state index in [4.69, 9.17) is 14.0 Å². The Kier molecular flexibility index (Phi) is 4.44. The second-order valence-corrected chi connectivity index (χ2v) is 6.19. The van der Waals surface area contributed by atoms with Crippen molar-refractivity contribution in [2.24, 2.45) is 5.92 Å². The minimum Gasteiger partial charge on any atom is -0.378 e. The van der Waals surface area contributed by atoms with E-state index >= 15 is 0 Å². The first-order valence-electron chi connectivity index (χ1n) is 7.84. The fraction of sp³-hybridized carbons (Fsp3) is 0.800. The highest BCUT2D eigenvalue weighted by molar-refractivity contribution is 5.86. The normalized spacial score (nSPS) is 29.0. The van der Waals surface area contributed by atoms with Crippen molar-refractivity contribution in [3.63, 3.8) is 0 Å². The van der Waals surface area contributed by atoms with Crippen molar-refractivity contribution >= 4 is 5.91 Å². The minimum atomic E-state index is -0.787. The molecule has 0 spiro atoms. The minimum absolute atomic E-state index is 0.0569. The van der Waals surface area contributed by atoms with Crippen LogP contribution in [0.5, 0.6) is 0 Å². The summed E-state index contributed by atoms with van der Waals surface area (Å²) in [4.78, 5) is 19.0. The third-order valence-corrected chi connectivity index (χ3v) is 4.61. The van der Waals surface area contributed by atoms with Crippen LogP contribution in [0.15, 0.2) is 4.52 Å². The van der Waals surface area contributed by atoms with Gasteiger partial charge in [-0.25, -0.2) is 0 Å². The molecule has 0 aromatic carbocycles. The molecule has 7 heteroatoms. The molecule has 0 radical (unpaired) electrons. The Hall–Kier alpha value is -1.47. The smallest absolute Gasteiger partial charge is 0.257 e. The van der Waals surface area contributed by atoms with Gasteiger partial charge in [-0.3, -0.25) is 4.79 Å². The van der Waals surface area contributed by atoms with Crippen LogP contribution in [0.2, 0.25) is 0 Å². The van der Waals surface area contributed by atoms with Crippen molar-refractivity contribution in [3.8, 4) is 0 Å². The van der Waals surface area contributed by atoms with E-state index in [1.807, 2.05) is 4.90 Å². The fourth-order valence-corrected chi connectivity index (χ4v) is 3.35. The third kappa shape index (κ3) is 3.01. The molecule has 3 heterocycles. The number of ether oxygens (including phenoxy) is 2. The van der Waals surface area contributed by atoms with E-state index < -0.39 is 5.60 Å². The average molecular weight is 309 g/mol. The van der Waals surface area contributed by atoms with Crippen molar-refractivity contribution < 1.29 is 18.8 Å². The van der Waals surface area contributed by atoms with Crippen LogP contribution in [-0.2, 0) is 20.7 Å². The molecule has 1 aromatic heterocycles. The molecule has 2 unspecified atom stereocenters. The molecule has 22 heavy (non-hydrogen) atoms. The molecule has 2 aliphatic heterocycles. The number of hydrogen-bond donors (Lipinski definition) is 0. The van der Waals surface area contributed by atoms with Gasteiger partial charge in [0.05, 0.1) is 13.2 Å². The van der Waals surface area contributed by atoms with Crippen molar-refractivity contribution in [3.05, 3.63) is 11.7 Å². The van der Waals surface area contributed by atoms with Crippen molar-refractivity contribution in [2.75, 3.05) is 33.4 Å². The Morgan fingerprint density at radius 3 is 3.05 bits per heavy atom. The molecule has 1 amide bonds. The van der Waals surface area contributed by atoms with Gasteiger partial charge < -0.3 is 18.9 Å². The maximum absolute atomic E-state index is 12.8. The second-order valence-electron chi connectivity index (χ2n) is 6.19. The first kappa shape index (κ1) is 15.4. The molecule has 122 valence electrons. The van der Waals surface area contributed by atoms with E-state index in [0.717, 1.165) is 38.2 Å². The number of carbonyl (C=O) groups is 1. The summed E-state index contributed by atoms with van der Waals surface area (Å²) in [7, 11) is 1.59. The fourth-order valence-electron chi connectivity index (χ4n) is 3.35. The zero-order valence-electron chi connectivity index (χ0n) is 13.2. The Labute approximate surface area is 129 Å². The summed E-state index contributed by atoms with van der Waals surface area (Å²) >= 11 is 0. The largest absolute Gasteiger partial charge is 0.378 e. The molecule has 7 nitrogen and oxygen atoms in total. The van der Waals surface area contributed by atoms with Crippen LogP contribution in [-0.4, -0.2) is 60.0 Å². The standard InChI is InChI=1S/C15H23N3O4/c1-11-16-13(17-22-11)8-12-4-3-6-18(9-12)14(19)15(20-2)5-7-21-10-15/h12H,3-10H2,1-2H3. The van der Waals surface area contributed by atoms with Crippen LogP contribution >= 0.6 is 0 Å². The molecule has 3 rings (SSSR count). The Bertz CT molecular complexity index is 525. The van der Waals surface area contributed by atoms with Crippen molar-refractivity contribution in [1.82, 2.24) is 15.0 Å². The van der Waals surface area contributed by atoms with E-state index in [1.54, 1.807) is 14.0 Å². The maximum Gasteiger partial charge on any atom is 0.257 e. The number of hydrogen-bond acceptors (Lipinski definition) is 6. The van der Waals surface area contributed by atoms with Gasteiger partial charge in [0.25, 0.3) is 5.91 Å². The molecular weight excluding hydrogens is 286 g/mol. The number of nitrogens with zero attached hydrogens (tertiary/aromatic N) is 3. The molecule has 2 aliphatic rings. The highest BCUT2D eigenvalue weighted by Crippen LogP contribution is 2.28. The molecule has 0 N–H and O–H groups in total. The lowest BCUT2D eigenvalue weighted by atomic mass is 9.92. The van der Waals surface area contributed by atoms with Crippen molar-refractivity contribution in [2.45, 2.75) is 38.2 Å². The monoisotopic (exact) mass is 309 g/mol. The van der Waals surface area contributed by atoms with Gasteiger partial charge in [-0.15, -0.1) is 0 Å². The summed E-state index contributed by atoms with van der Waals surface area (Å²) in [5, 5.41) is 3.95. The summed E-state index contributed by atoms with van der Waals surface area (Å²) in [5.41, 5.74) is -0.787.